The van der Waals surface area contributed by atoms with Gasteiger partial charge in [0.1, 0.15) is 17.8 Å². The van der Waals surface area contributed by atoms with Gasteiger partial charge in [-0.05, 0) is 49.9 Å². The van der Waals surface area contributed by atoms with Gasteiger partial charge in [-0.3, -0.25) is 14.2 Å². The van der Waals surface area contributed by atoms with Crippen LogP contribution in [0.1, 0.15) is 36.9 Å². The third kappa shape index (κ3) is 4.37. The summed E-state index contributed by atoms with van der Waals surface area (Å²) in [5.41, 5.74) is 0.678. The lowest BCUT2D eigenvalue weighted by Gasteiger charge is -2.19. The molecule has 0 fully saturated rings. The number of aromatic nitrogens is 1. The average Bonchev–Trinajstić information content (AvgIpc) is 3.25. The van der Waals surface area contributed by atoms with Crippen molar-refractivity contribution in [3.8, 4) is 11.1 Å². The van der Waals surface area contributed by atoms with Crippen molar-refractivity contribution in [1.29, 1.82) is 0 Å². The zero-order chi connectivity index (χ0) is 21.3. The van der Waals surface area contributed by atoms with Gasteiger partial charge in [0.15, 0.2) is 5.78 Å². The number of Topliss-reactive ketones (excluding diaryl/α,β-unsaturated/α-hetero) is 1. The lowest BCUT2D eigenvalue weighted by atomic mass is 10.1. The number of carbonyl (C=O) groups excluding carboxylic acids is 3. The maximum absolute atomic E-state index is 14.6. The molecule has 0 bridgehead atoms. The van der Waals surface area contributed by atoms with Crippen molar-refractivity contribution in [1.82, 2.24) is 4.57 Å². The van der Waals surface area contributed by atoms with Gasteiger partial charge in [0.05, 0.1) is 17.5 Å². The fourth-order valence-electron chi connectivity index (χ4n) is 2.84. The summed E-state index contributed by atoms with van der Waals surface area (Å²) in [7, 11) is 1.21. The Bertz CT molecular complexity index is 1110. The average molecular weight is 417 g/mol. The summed E-state index contributed by atoms with van der Waals surface area (Å²) in [6.07, 6.45) is 0.500. The number of methoxy groups -OCH3 is 1. The van der Waals surface area contributed by atoms with Crippen molar-refractivity contribution in [3.63, 3.8) is 0 Å². The van der Waals surface area contributed by atoms with Crippen molar-refractivity contribution in [2.45, 2.75) is 32.8 Å². The standard InChI is InChI=1S/C21H20FNO5S/c1-21(2,3)28-20(26)23-10-13(19-14(22)6-5-7-15(19)23)12-8-17(29-11-12)16(24)9-18(25)27-4/h5-8,10-11H,9H2,1-4H3. The third-order valence-electron chi connectivity index (χ3n) is 4.09. The Kier molecular flexibility index (Phi) is 5.57. The molecule has 0 spiro atoms. The summed E-state index contributed by atoms with van der Waals surface area (Å²) in [4.78, 5) is 36.5. The Labute approximate surface area is 170 Å². The number of halogens is 1. The highest BCUT2D eigenvalue weighted by atomic mass is 32.1. The number of thiophene rings is 1. The Morgan fingerprint density at radius 1 is 1.21 bits per heavy atom. The second kappa shape index (κ2) is 7.79. The molecule has 0 atom stereocenters. The Morgan fingerprint density at radius 3 is 2.59 bits per heavy atom. The Hall–Kier alpha value is -3.00. The molecule has 6 nitrogen and oxygen atoms in total. The van der Waals surface area contributed by atoms with E-state index in [1.165, 1.54) is 30.0 Å². The number of esters is 1. The van der Waals surface area contributed by atoms with Crippen LogP contribution in [0, 0.1) is 5.82 Å². The SMILES string of the molecule is COC(=O)CC(=O)c1cc(-c2cn(C(=O)OC(C)(C)C)c3cccc(F)c23)cs1. The molecule has 0 saturated carbocycles. The highest BCUT2D eigenvalue weighted by Crippen LogP contribution is 2.35. The van der Waals surface area contributed by atoms with Crippen molar-refractivity contribution in [3.05, 3.63) is 46.5 Å². The van der Waals surface area contributed by atoms with E-state index in [1.807, 2.05) is 0 Å². The maximum Gasteiger partial charge on any atom is 0.419 e. The first kappa shape index (κ1) is 20.7. The van der Waals surface area contributed by atoms with Crippen molar-refractivity contribution in [2.75, 3.05) is 7.11 Å². The molecule has 3 aromatic rings. The van der Waals surface area contributed by atoms with Gasteiger partial charge >= 0.3 is 12.1 Å². The summed E-state index contributed by atoms with van der Waals surface area (Å²) in [5, 5.41) is 1.94. The second-order valence-electron chi connectivity index (χ2n) is 7.40. The summed E-state index contributed by atoms with van der Waals surface area (Å²) < 4.78 is 25.8. The van der Waals surface area contributed by atoms with E-state index in [-0.39, 0.29) is 17.6 Å². The van der Waals surface area contributed by atoms with E-state index in [2.05, 4.69) is 4.74 Å². The van der Waals surface area contributed by atoms with E-state index in [9.17, 15) is 18.8 Å². The van der Waals surface area contributed by atoms with E-state index in [0.29, 0.717) is 21.5 Å². The highest BCUT2D eigenvalue weighted by molar-refractivity contribution is 7.12. The van der Waals surface area contributed by atoms with Gasteiger partial charge in [-0.2, -0.15) is 0 Å². The molecule has 0 radical (unpaired) electrons. The van der Waals surface area contributed by atoms with Crippen molar-refractivity contribution in [2.24, 2.45) is 0 Å². The predicted molar refractivity (Wildman–Crippen MR) is 108 cm³/mol. The fraction of sp³-hybridized carbons (Fsp3) is 0.286. The van der Waals surface area contributed by atoms with Crippen molar-refractivity contribution >= 4 is 40.1 Å². The number of rotatable bonds is 4. The lowest BCUT2D eigenvalue weighted by Crippen LogP contribution is -2.26. The van der Waals surface area contributed by atoms with Gasteiger partial charge in [-0.25, -0.2) is 9.18 Å². The number of ketones is 1. The number of benzene rings is 1. The van der Waals surface area contributed by atoms with Gasteiger partial charge < -0.3 is 9.47 Å². The molecule has 29 heavy (non-hydrogen) atoms. The van der Waals surface area contributed by atoms with Gasteiger partial charge in [-0.15, -0.1) is 11.3 Å². The number of ether oxygens (including phenoxy) is 2. The minimum absolute atomic E-state index is 0.253. The highest BCUT2D eigenvalue weighted by Gasteiger charge is 2.23. The quantitative estimate of drug-likeness (QED) is 0.338. The minimum atomic E-state index is -0.711. The summed E-state index contributed by atoms with van der Waals surface area (Å²) in [6.45, 7) is 5.24. The van der Waals surface area contributed by atoms with Crippen LogP contribution in [0.5, 0.6) is 0 Å². The largest absolute Gasteiger partial charge is 0.469 e. The number of hydrogen-bond acceptors (Lipinski definition) is 6. The zero-order valence-corrected chi connectivity index (χ0v) is 17.3. The van der Waals surface area contributed by atoms with Crippen LogP contribution in [0.25, 0.3) is 22.0 Å². The fourth-order valence-corrected chi connectivity index (χ4v) is 3.69. The molecule has 0 N–H and O–H groups in total. The maximum atomic E-state index is 14.6. The van der Waals surface area contributed by atoms with Gasteiger partial charge in [0.25, 0.3) is 0 Å². The lowest BCUT2D eigenvalue weighted by molar-refractivity contribution is -0.139. The molecule has 0 aliphatic carbocycles. The second-order valence-corrected chi connectivity index (χ2v) is 8.31. The molecule has 0 saturated heterocycles. The summed E-state index contributed by atoms with van der Waals surface area (Å²) >= 11 is 1.14. The van der Waals surface area contributed by atoms with Crippen LogP contribution >= 0.6 is 11.3 Å². The molecule has 152 valence electrons. The van der Waals surface area contributed by atoms with Crippen LogP contribution in [0.15, 0.2) is 35.8 Å². The molecule has 3 rings (SSSR count). The molecule has 0 unspecified atom stereocenters. The normalized spacial score (nSPS) is 11.5. The first-order chi connectivity index (χ1) is 13.6. The van der Waals surface area contributed by atoms with Crippen LogP contribution in [-0.4, -0.2) is 35.1 Å². The molecular weight excluding hydrogens is 397 g/mol. The van der Waals surface area contributed by atoms with Crippen LogP contribution in [0.3, 0.4) is 0 Å². The summed E-state index contributed by atoms with van der Waals surface area (Å²) in [6, 6.07) is 6.03. The first-order valence-corrected chi connectivity index (χ1v) is 9.70. The van der Waals surface area contributed by atoms with E-state index in [1.54, 1.807) is 38.3 Å². The predicted octanol–water partition coefficient (Wildman–Crippen LogP) is 5.04. The van der Waals surface area contributed by atoms with E-state index in [0.717, 1.165) is 11.3 Å². The van der Waals surface area contributed by atoms with Crippen LogP contribution in [0.4, 0.5) is 9.18 Å². The zero-order valence-electron chi connectivity index (χ0n) is 16.4. The Morgan fingerprint density at radius 2 is 1.93 bits per heavy atom. The molecular formula is C21H20FNO5S. The number of carbonyl (C=O) groups is 3. The monoisotopic (exact) mass is 417 g/mol. The number of nitrogens with zero attached hydrogens (tertiary/aromatic N) is 1. The molecule has 8 heteroatoms. The van der Waals surface area contributed by atoms with Gasteiger partial charge in [-0.1, -0.05) is 6.07 Å². The molecule has 0 amide bonds. The van der Waals surface area contributed by atoms with Crippen molar-refractivity contribution < 1.29 is 28.2 Å². The van der Waals surface area contributed by atoms with Crippen LogP contribution in [0.2, 0.25) is 0 Å². The summed E-state index contributed by atoms with van der Waals surface area (Å²) in [5.74, 6) is -1.50. The van der Waals surface area contributed by atoms with Crippen LogP contribution < -0.4 is 0 Å². The molecule has 0 aliphatic heterocycles. The number of hydrogen-bond donors (Lipinski definition) is 0. The van der Waals surface area contributed by atoms with Gasteiger partial charge in [0, 0.05) is 17.1 Å². The molecule has 2 heterocycles. The first-order valence-electron chi connectivity index (χ1n) is 8.82. The minimum Gasteiger partial charge on any atom is -0.469 e. The molecule has 0 aliphatic rings. The topological polar surface area (TPSA) is 74.6 Å². The third-order valence-corrected chi connectivity index (χ3v) is 5.06. The number of fused-ring (bicyclic) bond motifs is 1. The smallest absolute Gasteiger partial charge is 0.419 e. The van der Waals surface area contributed by atoms with Gasteiger partial charge in [0.2, 0.25) is 0 Å². The van der Waals surface area contributed by atoms with E-state index < -0.39 is 23.5 Å². The van der Waals surface area contributed by atoms with Crippen LogP contribution in [-0.2, 0) is 14.3 Å². The Balaban J connectivity index is 2.06. The molecule has 1 aromatic carbocycles. The van der Waals surface area contributed by atoms with E-state index in [4.69, 9.17) is 4.74 Å². The molecule has 2 aromatic heterocycles. The van der Waals surface area contributed by atoms with E-state index >= 15 is 0 Å².